The number of aromatic nitrogens is 2. The van der Waals surface area contributed by atoms with Crippen LogP contribution in [0.3, 0.4) is 0 Å². The molecule has 0 amide bonds. The first-order chi connectivity index (χ1) is 21.0. The van der Waals surface area contributed by atoms with Gasteiger partial charge in [-0.15, -0.1) is 0 Å². The van der Waals surface area contributed by atoms with E-state index in [4.69, 9.17) is 9.98 Å². The summed E-state index contributed by atoms with van der Waals surface area (Å²) in [7, 11) is 0. The number of aryl methyl sites for hydroxylation is 1. The first kappa shape index (κ1) is 25.5. The lowest BCUT2D eigenvalue weighted by molar-refractivity contribution is 0.549. The predicted octanol–water partition coefficient (Wildman–Crippen LogP) is 9.31. The van der Waals surface area contributed by atoms with E-state index in [1.54, 1.807) is 0 Å². The van der Waals surface area contributed by atoms with Gasteiger partial charge in [-0.3, -0.25) is 9.56 Å². The van der Waals surface area contributed by atoms with Crippen molar-refractivity contribution >= 4 is 33.3 Å². The van der Waals surface area contributed by atoms with Gasteiger partial charge in [0.1, 0.15) is 17.2 Å². The molecule has 0 N–H and O–H groups in total. The van der Waals surface area contributed by atoms with Crippen molar-refractivity contribution < 1.29 is 0 Å². The molecule has 2 unspecified atom stereocenters. The molecule has 0 saturated heterocycles. The second-order valence-corrected chi connectivity index (χ2v) is 11.8. The third-order valence-corrected chi connectivity index (χ3v) is 8.97. The molecule has 1 aromatic heterocycles. The number of aliphatic imine (C=N–C) groups is 1. The van der Waals surface area contributed by atoms with Crippen LogP contribution in [0, 0.1) is 6.92 Å². The van der Waals surface area contributed by atoms with E-state index in [0.29, 0.717) is 0 Å². The Kier molecular flexibility index (Phi) is 5.73. The zero-order valence-electron chi connectivity index (χ0n) is 24.6. The molecule has 0 saturated carbocycles. The van der Waals surface area contributed by atoms with Crippen molar-refractivity contribution in [2.24, 2.45) is 4.99 Å². The molecule has 6 aromatic rings. The number of imidazole rings is 1. The van der Waals surface area contributed by atoms with E-state index in [-0.39, 0.29) is 11.6 Å². The van der Waals surface area contributed by atoms with Crippen molar-refractivity contribution in [2.75, 3.05) is 4.90 Å². The summed E-state index contributed by atoms with van der Waals surface area (Å²) in [6.07, 6.45) is 8.69. The Morgan fingerprint density at radius 3 is 1.98 bits per heavy atom. The molecular formula is C39H32N4. The normalized spacial score (nSPS) is 19.3. The van der Waals surface area contributed by atoms with Crippen LogP contribution >= 0.6 is 0 Å². The molecule has 5 aromatic carbocycles. The molecule has 2 atom stereocenters. The summed E-state index contributed by atoms with van der Waals surface area (Å²) in [6.45, 7) is 6.37. The molecule has 43 heavy (non-hydrogen) atoms. The lowest BCUT2D eigenvalue weighted by atomic mass is 9.89. The van der Waals surface area contributed by atoms with E-state index in [1.807, 2.05) is 6.07 Å². The fraction of sp³-hybridized carbons (Fsp3) is 0.128. The standard InChI is InChI=1S/C39H32N4/c1-26-40-36-8-4-5-9-37(36)42(26)34-19-15-28(16-20-34)31-13-11-30-12-14-32(25-33(30)24-31)29-17-21-35(22-18-29)43-27(2)41-39(3)23-7-6-10-38(39)43/h4-25,38H,1-3H3. The Labute approximate surface area is 252 Å². The summed E-state index contributed by atoms with van der Waals surface area (Å²) in [4.78, 5) is 12.1. The van der Waals surface area contributed by atoms with Crippen LogP contribution in [0.5, 0.6) is 0 Å². The average molecular weight is 557 g/mol. The molecular weight excluding hydrogens is 524 g/mol. The van der Waals surface area contributed by atoms with Crippen LogP contribution in [0.25, 0.3) is 49.7 Å². The van der Waals surface area contributed by atoms with Crippen molar-refractivity contribution in [1.82, 2.24) is 9.55 Å². The van der Waals surface area contributed by atoms with Gasteiger partial charge >= 0.3 is 0 Å². The van der Waals surface area contributed by atoms with Gasteiger partial charge < -0.3 is 4.90 Å². The number of hydrogen-bond acceptors (Lipinski definition) is 3. The average Bonchev–Trinajstić information content (AvgIpc) is 3.51. The molecule has 0 spiro atoms. The predicted molar refractivity (Wildman–Crippen MR) is 180 cm³/mol. The van der Waals surface area contributed by atoms with Crippen molar-refractivity contribution in [2.45, 2.75) is 32.4 Å². The first-order valence-corrected chi connectivity index (χ1v) is 14.9. The lowest BCUT2D eigenvalue weighted by Crippen LogP contribution is -2.43. The van der Waals surface area contributed by atoms with E-state index >= 15 is 0 Å². The SMILES string of the molecule is CC1=NC2(C)C=CC=CC2N1c1ccc(-c2ccc3ccc(-c4ccc(-n5c(C)nc6ccccc65)cc4)cc3c2)cc1. The lowest BCUT2D eigenvalue weighted by Gasteiger charge is -2.33. The van der Waals surface area contributed by atoms with Crippen LogP contribution in [-0.4, -0.2) is 27.0 Å². The quantitative estimate of drug-likeness (QED) is 0.217. The van der Waals surface area contributed by atoms with E-state index < -0.39 is 0 Å². The minimum atomic E-state index is -0.208. The minimum Gasteiger partial charge on any atom is -0.321 e. The molecule has 0 fully saturated rings. The van der Waals surface area contributed by atoms with Crippen molar-refractivity contribution in [1.29, 1.82) is 0 Å². The Morgan fingerprint density at radius 2 is 1.28 bits per heavy atom. The Hall–Kier alpha value is -5.22. The number of nitrogens with zero attached hydrogens (tertiary/aromatic N) is 4. The molecule has 2 heterocycles. The minimum absolute atomic E-state index is 0.208. The van der Waals surface area contributed by atoms with Gasteiger partial charge in [-0.25, -0.2) is 4.98 Å². The van der Waals surface area contributed by atoms with Gasteiger partial charge in [-0.05, 0) is 102 Å². The Balaban J connectivity index is 1.08. The van der Waals surface area contributed by atoms with Gasteiger partial charge in [-0.2, -0.15) is 0 Å². The summed E-state index contributed by atoms with van der Waals surface area (Å²) >= 11 is 0. The Bertz CT molecular complexity index is 2110. The third-order valence-electron chi connectivity index (χ3n) is 8.97. The van der Waals surface area contributed by atoms with Gasteiger partial charge in [0.2, 0.25) is 0 Å². The number of anilines is 1. The fourth-order valence-corrected chi connectivity index (χ4v) is 6.81. The number of hydrogen-bond donors (Lipinski definition) is 0. The summed E-state index contributed by atoms with van der Waals surface area (Å²) in [5.41, 5.74) is 9.06. The molecule has 0 radical (unpaired) electrons. The van der Waals surface area contributed by atoms with Crippen LogP contribution in [-0.2, 0) is 0 Å². The molecule has 4 nitrogen and oxygen atoms in total. The maximum Gasteiger partial charge on any atom is 0.111 e. The monoisotopic (exact) mass is 556 g/mol. The van der Waals surface area contributed by atoms with Gasteiger partial charge in [-0.1, -0.05) is 85.0 Å². The van der Waals surface area contributed by atoms with Gasteiger partial charge in [0.15, 0.2) is 0 Å². The molecule has 8 rings (SSSR count). The second kappa shape index (κ2) is 9.67. The van der Waals surface area contributed by atoms with E-state index in [2.05, 4.69) is 158 Å². The van der Waals surface area contributed by atoms with Gasteiger partial charge in [0, 0.05) is 11.4 Å². The first-order valence-electron chi connectivity index (χ1n) is 14.9. The summed E-state index contributed by atoms with van der Waals surface area (Å²) in [6, 6.07) is 39.7. The van der Waals surface area contributed by atoms with E-state index in [1.165, 1.54) is 38.7 Å². The van der Waals surface area contributed by atoms with Gasteiger partial charge in [0.05, 0.1) is 17.1 Å². The topological polar surface area (TPSA) is 33.4 Å². The van der Waals surface area contributed by atoms with E-state index in [0.717, 1.165) is 28.4 Å². The molecule has 0 bridgehead atoms. The smallest absolute Gasteiger partial charge is 0.111 e. The van der Waals surface area contributed by atoms with Crippen molar-refractivity contribution in [3.63, 3.8) is 0 Å². The highest BCUT2D eigenvalue weighted by atomic mass is 15.3. The van der Waals surface area contributed by atoms with E-state index in [9.17, 15) is 0 Å². The highest BCUT2D eigenvalue weighted by Crippen LogP contribution is 2.37. The molecule has 1 aliphatic carbocycles. The maximum absolute atomic E-state index is 4.98. The van der Waals surface area contributed by atoms with Crippen LogP contribution in [0.1, 0.15) is 19.7 Å². The molecule has 208 valence electrons. The molecule has 1 aliphatic heterocycles. The largest absolute Gasteiger partial charge is 0.321 e. The second-order valence-electron chi connectivity index (χ2n) is 11.8. The maximum atomic E-state index is 4.98. The number of fused-ring (bicyclic) bond motifs is 3. The van der Waals surface area contributed by atoms with Crippen LogP contribution < -0.4 is 4.90 Å². The number of rotatable bonds is 4. The highest BCUT2D eigenvalue weighted by molar-refractivity contribution is 6.00. The third kappa shape index (κ3) is 4.21. The summed E-state index contributed by atoms with van der Waals surface area (Å²) in [5, 5.41) is 2.47. The fourth-order valence-electron chi connectivity index (χ4n) is 6.81. The van der Waals surface area contributed by atoms with Crippen LogP contribution in [0.2, 0.25) is 0 Å². The van der Waals surface area contributed by atoms with Crippen LogP contribution in [0.4, 0.5) is 5.69 Å². The number of amidine groups is 1. The summed E-state index contributed by atoms with van der Waals surface area (Å²) < 4.78 is 2.22. The molecule has 4 heteroatoms. The van der Waals surface area contributed by atoms with Gasteiger partial charge in [0.25, 0.3) is 0 Å². The van der Waals surface area contributed by atoms with Crippen molar-refractivity contribution in [3.8, 4) is 27.9 Å². The van der Waals surface area contributed by atoms with Crippen molar-refractivity contribution in [3.05, 3.63) is 139 Å². The number of para-hydroxylation sites is 2. The number of allylic oxidation sites excluding steroid dienone is 2. The Morgan fingerprint density at radius 1 is 0.651 bits per heavy atom. The zero-order chi connectivity index (χ0) is 29.1. The number of benzene rings is 5. The zero-order valence-corrected chi connectivity index (χ0v) is 24.6. The molecule has 2 aliphatic rings. The summed E-state index contributed by atoms with van der Waals surface area (Å²) in [5.74, 6) is 2.04. The highest BCUT2D eigenvalue weighted by Gasteiger charge is 2.42. The van der Waals surface area contributed by atoms with Crippen LogP contribution in [0.15, 0.2) is 138 Å².